The predicted octanol–water partition coefficient (Wildman–Crippen LogP) is 2.13. The highest BCUT2D eigenvalue weighted by atomic mass is 32.2. The lowest BCUT2D eigenvalue weighted by molar-refractivity contribution is -0.145. The highest BCUT2D eigenvalue weighted by Gasteiger charge is 2.35. The van der Waals surface area contributed by atoms with Gasteiger partial charge in [-0.25, -0.2) is 17.6 Å². The molecule has 0 saturated carbocycles. The van der Waals surface area contributed by atoms with E-state index in [0.717, 1.165) is 17.7 Å². The van der Waals surface area contributed by atoms with Crippen molar-refractivity contribution in [3.8, 4) is 0 Å². The lowest BCUT2D eigenvalue weighted by Gasteiger charge is -2.32. The molecule has 1 heterocycles. The SMILES string of the molecule is COC(=O)[C@H](Cc1ccccc1)NC(=O)[C@H]1CCCN(S(=O)(=O)c2ccc(F)cc2)C1. The molecule has 1 aliphatic rings. The zero-order valence-electron chi connectivity index (χ0n) is 17.2. The zero-order valence-corrected chi connectivity index (χ0v) is 18.0. The molecule has 0 aromatic heterocycles. The number of esters is 1. The van der Waals surface area contributed by atoms with Crippen LogP contribution in [0, 0.1) is 11.7 Å². The molecule has 0 bridgehead atoms. The van der Waals surface area contributed by atoms with Gasteiger partial charge in [0.1, 0.15) is 11.9 Å². The molecule has 1 saturated heterocycles. The summed E-state index contributed by atoms with van der Waals surface area (Å²) in [5.41, 5.74) is 0.863. The highest BCUT2D eigenvalue weighted by Crippen LogP contribution is 2.24. The molecule has 0 radical (unpaired) electrons. The Kier molecular flexibility index (Phi) is 7.40. The molecule has 0 unspecified atom stereocenters. The molecular formula is C22H25FN2O5S. The van der Waals surface area contributed by atoms with Gasteiger partial charge in [-0.1, -0.05) is 30.3 Å². The van der Waals surface area contributed by atoms with E-state index in [1.54, 1.807) is 0 Å². The van der Waals surface area contributed by atoms with Gasteiger partial charge in [0.2, 0.25) is 15.9 Å². The molecule has 2 aromatic rings. The second-order valence-corrected chi connectivity index (χ2v) is 9.37. The second kappa shape index (κ2) is 10.0. The van der Waals surface area contributed by atoms with Crippen molar-refractivity contribution in [2.45, 2.75) is 30.2 Å². The minimum absolute atomic E-state index is 0.00915. The molecule has 3 rings (SSSR count). The molecule has 2 aromatic carbocycles. The first kappa shape index (κ1) is 22.9. The fourth-order valence-electron chi connectivity index (χ4n) is 3.61. The van der Waals surface area contributed by atoms with E-state index in [9.17, 15) is 22.4 Å². The first-order valence-corrected chi connectivity index (χ1v) is 11.4. The van der Waals surface area contributed by atoms with Gasteiger partial charge in [-0.2, -0.15) is 4.31 Å². The molecule has 1 N–H and O–H groups in total. The van der Waals surface area contributed by atoms with Gasteiger partial charge >= 0.3 is 5.97 Å². The van der Waals surface area contributed by atoms with Gasteiger partial charge in [-0.15, -0.1) is 0 Å². The predicted molar refractivity (Wildman–Crippen MR) is 112 cm³/mol. The van der Waals surface area contributed by atoms with Crippen molar-refractivity contribution in [3.05, 3.63) is 66.0 Å². The summed E-state index contributed by atoms with van der Waals surface area (Å²) in [6.45, 7) is 0.263. The third-order valence-corrected chi connectivity index (χ3v) is 7.17. The molecule has 7 nitrogen and oxygen atoms in total. The number of carbonyl (C=O) groups excluding carboxylic acids is 2. The highest BCUT2D eigenvalue weighted by molar-refractivity contribution is 7.89. The minimum atomic E-state index is -3.85. The number of hydrogen-bond acceptors (Lipinski definition) is 5. The van der Waals surface area contributed by atoms with Crippen LogP contribution < -0.4 is 5.32 Å². The summed E-state index contributed by atoms with van der Waals surface area (Å²) in [5, 5.41) is 2.72. The average Bonchev–Trinajstić information content (AvgIpc) is 2.79. The Morgan fingerprint density at radius 2 is 1.84 bits per heavy atom. The number of benzene rings is 2. The summed E-state index contributed by atoms with van der Waals surface area (Å²) >= 11 is 0. The van der Waals surface area contributed by atoms with Gasteiger partial charge in [0.15, 0.2) is 0 Å². The van der Waals surface area contributed by atoms with Crippen LogP contribution in [0.2, 0.25) is 0 Å². The molecule has 0 aliphatic carbocycles. The number of piperidine rings is 1. The number of methoxy groups -OCH3 is 1. The van der Waals surface area contributed by atoms with E-state index in [1.807, 2.05) is 30.3 Å². The van der Waals surface area contributed by atoms with E-state index in [2.05, 4.69) is 5.32 Å². The Hall–Kier alpha value is -2.78. The van der Waals surface area contributed by atoms with Crippen molar-refractivity contribution in [1.29, 1.82) is 0 Å². The summed E-state index contributed by atoms with van der Waals surface area (Å²) in [7, 11) is -2.59. The maximum absolute atomic E-state index is 13.2. The van der Waals surface area contributed by atoms with E-state index in [0.29, 0.717) is 12.8 Å². The lowest BCUT2D eigenvalue weighted by atomic mass is 9.97. The van der Waals surface area contributed by atoms with Crippen LogP contribution in [0.3, 0.4) is 0 Å². The molecule has 166 valence electrons. The number of amides is 1. The van der Waals surface area contributed by atoms with E-state index >= 15 is 0 Å². The van der Waals surface area contributed by atoms with E-state index in [-0.39, 0.29) is 24.4 Å². The maximum atomic E-state index is 13.2. The Balaban J connectivity index is 1.70. The zero-order chi connectivity index (χ0) is 22.4. The van der Waals surface area contributed by atoms with Gasteiger partial charge < -0.3 is 10.1 Å². The summed E-state index contributed by atoms with van der Waals surface area (Å²) in [5.74, 6) is -2.09. The fourth-order valence-corrected chi connectivity index (χ4v) is 5.13. The van der Waals surface area contributed by atoms with Crippen LogP contribution in [0.4, 0.5) is 4.39 Å². The monoisotopic (exact) mass is 448 g/mol. The van der Waals surface area contributed by atoms with E-state index in [4.69, 9.17) is 4.74 Å². The molecule has 1 fully saturated rings. The standard InChI is InChI=1S/C22H25FN2O5S/c1-30-22(27)20(14-16-6-3-2-4-7-16)24-21(26)17-8-5-13-25(15-17)31(28,29)19-11-9-18(23)10-12-19/h2-4,6-7,9-12,17,20H,5,8,13-15H2,1H3,(H,24,26)/t17-,20-/m0/s1. The average molecular weight is 449 g/mol. The lowest BCUT2D eigenvalue weighted by Crippen LogP contribution is -2.50. The molecule has 31 heavy (non-hydrogen) atoms. The number of carbonyl (C=O) groups is 2. The van der Waals surface area contributed by atoms with Crippen molar-refractivity contribution in [2.24, 2.45) is 5.92 Å². The Labute approximate surface area is 181 Å². The van der Waals surface area contributed by atoms with Gasteiger partial charge in [-0.05, 0) is 42.7 Å². The van der Waals surface area contributed by atoms with Crippen molar-refractivity contribution in [1.82, 2.24) is 9.62 Å². The van der Waals surface area contributed by atoms with E-state index < -0.39 is 39.7 Å². The van der Waals surface area contributed by atoms with Gasteiger partial charge in [0.25, 0.3) is 0 Å². The molecule has 1 amide bonds. The smallest absolute Gasteiger partial charge is 0.328 e. The molecule has 2 atom stereocenters. The first-order chi connectivity index (χ1) is 14.8. The first-order valence-electron chi connectivity index (χ1n) is 9.99. The van der Waals surface area contributed by atoms with Crippen LogP contribution >= 0.6 is 0 Å². The van der Waals surface area contributed by atoms with Crippen molar-refractivity contribution in [3.63, 3.8) is 0 Å². The number of nitrogens with one attached hydrogen (secondary N) is 1. The van der Waals surface area contributed by atoms with Crippen LogP contribution in [0.5, 0.6) is 0 Å². The molecule has 9 heteroatoms. The Morgan fingerprint density at radius 3 is 2.48 bits per heavy atom. The minimum Gasteiger partial charge on any atom is -0.467 e. The van der Waals surface area contributed by atoms with Gasteiger partial charge in [0.05, 0.1) is 17.9 Å². The molecule has 0 spiro atoms. The van der Waals surface area contributed by atoms with Crippen LogP contribution in [0.15, 0.2) is 59.5 Å². The number of hydrogen-bond donors (Lipinski definition) is 1. The fraction of sp³-hybridized carbons (Fsp3) is 0.364. The number of sulfonamides is 1. The number of nitrogens with zero attached hydrogens (tertiary/aromatic N) is 1. The summed E-state index contributed by atoms with van der Waals surface area (Å²) < 4.78 is 45.0. The maximum Gasteiger partial charge on any atom is 0.328 e. The molecular weight excluding hydrogens is 423 g/mol. The largest absolute Gasteiger partial charge is 0.467 e. The van der Waals surface area contributed by atoms with Gasteiger partial charge in [-0.3, -0.25) is 4.79 Å². The third kappa shape index (κ3) is 5.68. The van der Waals surface area contributed by atoms with Crippen LogP contribution in [-0.4, -0.2) is 50.8 Å². The quantitative estimate of drug-likeness (QED) is 0.655. The summed E-state index contributed by atoms with van der Waals surface area (Å²) in [6, 6.07) is 13.0. The summed E-state index contributed by atoms with van der Waals surface area (Å²) in [4.78, 5) is 25.1. The van der Waals surface area contributed by atoms with Crippen LogP contribution in [0.25, 0.3) is 0 Å². The second-order valence-electron chi connectivity index (χ2n) is 7.43. The number of rotatable bonds is 7. The number of ether oxygens (including phenoxy) is 1. The van der Waals surface area contributed by atoms with Crippen LogP contribution in [-0.2, 0) is 30.8 Å². The van der Waals surface area contributed by atoms with Crippen LogP contribution in [0.1, 0.15) is 18.4 Å². The third-order valence-electron chi connectivity index (χ3n) is 5.29. The summed E-state index contributed by atoms with van der Waals surface area (Å²) in [6.07, 6.45) is 1.27. The van der Waals surface area contributed by atoms with Gasteiger partial charge in [0, 0.05) is 19.5 Å². The van der Waals surface area contributed by atoms with Crippen molar-refractivity contribution < 1.29 is 27.1 Å². The van der Waals surface area contributed by atoms with Crippen molar-refractivity contribution in [2.75, 3.05) is 20.2 Å². The Bertz CT molecular complexity index is 1010. The van der Waals surface area contributed by atoms with E-state index in [1.165, 1.54) is 23.5 Å². The normalized spacial score (nSPS) is 18.2. The Morgan fingerprint density at radius 1 is 1.16 bits per heavy atom. The van der Waals surface area contributed by atoms with Crippen molar-refractivity contribution >= 4 is 21.9 Å². The number of halogens is 1. The topological polar surface area (TPSA) is 92.8 Å². The molecule has 1 aliphatic heterocycles.